The van der Waals surface area contributed by atoms with Crippen LogP contribution in [0.5, 0.6) is 5.75 Å². The molecule has 2 heterocycles. The first-order valence-electron chi connectivity index (χ1n) is 7.03. The van der Waals surface area contributed by atoms with Gasteiger partial charge in [-0.05, 0) is 36.1 Å². The van der Waals surface area contributed by atoms with Crippen LogP contribution in [0.25, 0.3) is 10.7 Å². The van der Waals surface area contributed by atoms with Gasteiger partial charge < -0.3 is 14.6 Å². The molecule has 0 aliphatic heterocycles. The largest absolute Gasteiger partial charge is 0.484 e. The Morgan fingerprint density at radius 3 is 3.04 bits per heavy atom. The molecule has 0 unspecified atom stereocenters. The molecule has 2 aromatic heterocycles. The molecule has 0 atom stereocenters. The molecule has 0 aliphatic rings. The van der Waals surface area contributed by atoms with E-state index in [2.05, 4.69) is 15.5 Å². The van der Waals surface area contributed by atoms with E-state index in [0.717, 1.165) is 10.4 Å². The summed E-state index contributed by atoms with van der Waals surface area (Å²) < 4.78 is 10.5. The topological polar surface area (TPSA) is 77.2 Å². The first kappa shape index (κ1) is 15.2. The van der Waals surface area contributed by atoms with Gasteiger partial charge in [-0.25, -0.2) is 0 Å². The Morgan fingerprint density at radius 2 is 2.26 bits per heavy atom. The van der Waals surface area contributed by atoms with Crippen molar-refractivity contribution < 1.29 is 14.1 Å². The number of thiophene rings is 1. The van der Waals surface area contributed by atoms with E-state index in [1.54, 1.807) is 0 Å². The van der Waals surface area contributed by atoms with Crippen LogP contribution in [0, 0.1) is 6.92 Å². The van der Waals surface area contributed by atoms with Crippen LogP contribution in [-0.4, -0.2) is 22.7 Å². The van der Waals surface area contributed by atoms with Crippen molar-refractivity contribution in [3.8, 4) is 16.5 Å². The number of nitrogens with zero attached hydrogens (tertiary/aromatic N) is 2. The van der Waals surface area contributed by atoms with Gasteiger partial charge in [-0.3, -0.25) is 4.79 Å². The third-order valence-electron chi connectivity index (χ3n) is 3.01. The molecule has 7 heteroatoms. The van der Waals surface area contributed by atoms with Crippen molar-refractivity contribution >= 4 is 17.2 Å². The fourth-order valence-electron chi connectivity index (χ4n) is 1.91. The minimum Gasteiger partial charge on any atom is -0.484 e. The Balaban J connectivity index is 1.47. The standard InChI is InChI=1S/C16H15N3O3S/c1-11-4-2-5-12(8-11)21-10-14(20)17-9-15-18-16(19-22-15)13-6-3-7-23-13/h2-8H,9-10H2,1H3,(H,17,20). The van der Waals surface area contributed by atoms with E-state index in [4.69, 9.17) is 9.26 Å². The monoisotopic (exact) mass is 329 g/mol. The molecule has 3 aromatic rings. The van der Waals surface area contributed by atoms with Crippen molar-refractivity contribution in [3.05, 3.63) is 53.2 Å². The molecule has 1 amide bonds. The van der Waals surface area contributed by atoms with Crippen LogP contribution in [0.4, 0.5) is 0 Å². The van der Waals surface area contributed by atoms with Crippen LogP contribution >= 0.6 is 11.3 Å². The molecule has 0 spiro atoms. The van der Waals surface area contributed by atoms with Gasteiger partial charge in [0.05, 0.1) is 11.4 Å². The Bertz CT molecular complexity index is 783. The number of ether oxygens (including phenoxy) is 1. The van der Waals surface area contributed by atoms with Crippen molar-refractivity contribution in [2.45, 2.75) is 13.5 Å². The van der Waals surface area contributed by atoms with Crippen LogP contribution < -0.4 is 10.1 Å². The molecule has 0 radical (unpaired) electrons. The first-order chi connectivity index (χ1) is 11.2. The van der Waals surface area contributed by atoms with E-state index in [0.29, 0.717) is 17.5 Å². The van der Waals surface area contributed by atoms with Gasteiger partial charge in [-0.2, -0.15) is 4.98 Å². The van der Waals surface area contributed by atoms with Gasteiger partial charge in [0.25, 0.3) is 5.91 Å². The number of nitrogens with one attached hydrogen (secondary N) is 1. The molecular weight excluding hydrogens is 314 g/mol. The Kier molecular flexibility index (Phi) is 4.68. The number of hydrogen-bond donors (Lipinski definition) is 1. The van der Waals surface area contributed by atoms with Crippen LogP contribution in [0.1, 0.15) is 11.5 Å². The molecule has 0 bridgehead atoms. The van der Waals surface area contributed by atoms with E-state index >= 15 is 0 Å². The number of rotatable bonds is 6. The Labute approximate surface area is 137 Å². The lowest BCUT2D eigenvalue weighted by atomic mass is 10.2. The summed E-state index contributed by atoms with van der Waals surface area (Å²) in [6.07, 6.45) is 0. The van der Waals surface area contributed by atoms with Gasteiger partial charge in [0.15, 0.2) is 6.61 Å². The molecule has 0 saturated carbocycles. The molecule has 6 nitrogen and oxygen atoms in total. The molecule has 0 saturated heterocycles. The molecule has 23 heavy (non-hydrogen) atoms. The molecule has 0 fully saturated rings. The number of amides is 1. The summed E-state index contributed by atoms with van der Waals surface area (Å²) in [5.41, 5.74) is 1.08. The van der Waals surface area contributed by atoms with E-state index in [1.165, 1.54) is 11.3 Å². The minimum absolute atomic E-state index is 0.0601. The lowest BCUT2D eigenvalue weighted by Crippen LogP contribution is -2.28. The molecule has 1 N–H and O–H groups in total. The highest BCUT2D eigenvalue weighted by Gasteiger charge is 2.10. The Morgan fingerprint density at radius 1 is 1.35 bits per heavy atom. The van der Waals surface area contributed by atoms with Gasteiger partial charge in [0, 0.05) is 0 Å². The van der Waals surface area contributed by atoms with E-state index in [9.17, 15) is 4.79 Å². The van der Waals surface area contributed by atoms with E-state index in [1.807, 2.05) is 48.7 Å². The average Bonchev–Trinajstić information content (AvgIpc) is 3.22. The van der Waals surface area contributed by atoms with Gasteiger partial charge in [-0.1, -0.05) is 23.4 Å². The van der Waals surface area contributed by atoms with Gasteiger partial charge in [-0.15, -0.1) is 11.3 Å². The molecule has 1 aromatic carbocycles. The highest BCUT2D eigenvalue weighted by molar-refractivity contribution is 7.13. The van der Waals surface area contributed by atoms with Crippen LogP contribution in [-0.2, 0) is 11.3 Å². The van der Waals surface area contributed by atoms with Gasteiger partial charge in [0.2, 0.25) is 11.7 Å². The maximum absolute atomic E-state index is 11.8. The van der Waals surface area contributed by atoms with Gasteiger partial charge in [0.1, 0.15) is 5.75 Å². The number of benzene rings is 1. The molecule has 3 rings (SSSR count). The van der Waals surface area contributed by atoms with E-state index in [-0.39, 0.29) is 19.1 Å². The maximum Gasteiger partial charge on any atom is 0.258 e. The normalized spacial score (nSPS) is 10.5. The zero-order valence-corrected chi connectivity index (χ0v) is 13.3. The second kappa shape index (κ2) is 7.06. The fraction of sp³-hybridized carbons (Fsp3) is 0.188. The first-order valence-corrected chi connectivity index (χ1v) is 7.91. The predicted octanol–water partition coefficient (Wildman–Crippen LogP) is 2.80. The lowest BCUT2D eigenvalue weighted by molar-refractivity contribution is -0.123. The van der Waals surface area contributed by atoms with Crippen molar-refractivity contribution in [1.29, 1.82) is 0 Å². The summed E-state index contributed by atoms with van der Waals surface area (Å²) in [5, 5.41) is 8.51. The highest BCUT2D eigenvalue weighted by Crippen LogP contribution is 2.21. The maximum atomic E-state index is 11.8. The SMILES string of the molecule is Cc1cccc(OCC(=O)NCc2nc(-c3cccs3)no2)c1. The quantitative estimate of drug-likeness (QED) is 0.752. The molecular formula is C16H15N3O3S. The lowest BCUT2D eigenvalue weighted by Gasteiger charge is -2.06. The summed E-state index contributed by atoms with van der Waals surface area (Å²) in [6.45, 7) is 2.08. The minimum atomic E-state index is -0.248. The van der Waals surface area contributed by atoms with Crippen molar-refractivity contribution in [2.24, 2.45) is 0 Å². The number of carbonyl (C=O) groups excluding carboxylic acids is 1. The third-order valence-corrected chi connectivity index (χ3v) is 3.87. The summed E-state index contributed by atoms with van der Waals surface area (Å²) in [6, 6.07) is 11.4. The number of aromatic nitrogens is 2. The van der Waals surface area contributed by atoms with Crippen molar-refractivity contribution in [2.75, 3.05) is 6.61 Å². The van der Waals surface area contributed by atoms with Crippen molar-refractivity contribution in [3.63, 3.8) is 0 Å². The summed E-state index contributed by atoms with van der Waals surface area (Å²) in [7, 11) is 0. The molecule has 0 aliphatic carbocycles. The highest BCUT2D eigenvalue weighted by atomic mass is 32.1. The average molecular weight is 329 g/mol. The number of aryl methyl sites for hydroxylation is 1. The zero-order valence-electron chi connectivity index (χ0n) is 12.5. The summed E-state index contributed by atoms with van der Waals surface area (Å²) in [5.74, 6) is 1.30. The molecule has 118 valence electrons. The van der Waals surface area contributed by atoms with Crippen LogP contribution in [0.15, 0.2) is 46.3 Å². The fourth-order valence-corrected chi connectivity index (χ4v) is 2.56. The second-order valence-electron chi connectivity index (χ2n) is 4.87. The zero-order chi connectivity index (χ0) is 16.1. The number of carbonyl (C=O) groups is 1. The van der Waals surface area contributed by atoms with Crippen LogP contribution in [0.2, 0.25) is 0 Å². The van der Waals surface area contributed by atoms with Crippen LogP contribution in [0.3, 0.4) is 0 Å². The smallest absolute Gasteiger partial charge is 0.258 e. The second-order valence-corrected chi connectivity index (χ2v) is 5.82. The van der Waals surface area contributed by atoms with Crippen molar-refractivity contribution in [1.82, 2.24) is 15.5 Å². The van der Waals surface area contributed by atoms with E-state index < -0.39 is 0 Å². The summed E-state index contributed by atoms with van der Waals surface area (Å²) >= 11 is 1.53. The van der Waals surface area contributed by atoms with Gasteiger partial charge >= 0.3 is 0 Å². The third kappa shape index (κ3) is 4.17. The number of hydrogen-bond acceptors (Lipinski definition) is 6. The Hall–Kier alpha value is -2.67. The predicted molar refractivity (Wildman–Crippen MR) is 86.1 cm³/mol. The summed E-state index contributed by atoms with van der Waals surface area (Å²) in [4.78, 5) is 16.9.